The molecule has 0 amide bonds. The Bertz CT molecular complexity index is 1020. The minimum absolute atomic E-state index is 0.216. The molecule has 0 aromatic heterocycles. The molecular weight excluding hydrogens is 361 g/mol. The molecule has 0 aliphatic carbocycles. The minimum Gasteiger partial charge on any atom is -0.224 e. The first kappa shape index (κ1) is 18.2. The van der Waals surface area contributed by atoms with Crippen LogP contribution in [0, 0.1) is 0 Å². The van der Waals surface area contributed by atoms with Crippen molar-refractivity contribution in [3.8, 4) is 22.3 Å². The largest absolute Gasteiger partial charge is 0.416 e. The fourth-order valence-corrected chi connectivity index (χ4v) is 3.34. The highest BCUT2D eigenvalue weighted by molar-refractivity contribution is 7.90. The highest BCUT2D eigenvalue weighted by atomic mass is 32.2. The molecule has 3 aromatic rings. The third kappa shape index (κ3) is 3.80. The van der Waals surface area contributed by atoms with Gasteiger partial charge in [0, 0.05) is 6.26 Å². The Balaban J connectivity index is 2.04. The number of hydrogen-bond acceptors (Lipinski definition) is 2. The van der Waals surface area contributed by atoms with Crippen LogP contribution >= 0.6 is 0 Å². The van der Waals surface area contributed by atoms with Crippen molar-refractivity contribution in [3.63, 3.8) is 0 Å². The first-order valence-corrected chi connectivity index (χ1v) is 9.62. The molecule has 0 aliphatic heterocycles. The second-order valence-corrected chi connectivity index (χ2v) is 7.93. The van der Waals surface area contributed by atoms with E-state index in [1.807, 2.05) is 18.2 Å². The lowest BCUT2D eigenvalue weighted by molar-refractivity contribution is -0.137. The Morgan fingerprint density at radius 3 is 1.50 bits per heavy atom. The van der Waals surface area contributed by atoms with E-state index in [1.165, 1.54) is 24.3 Å². The summed E-state index contributed by atoms with van der Waals surface area (Å²) in [4.78, 5) is 0.216. The van der Waals surface area contributed by atoms with Gasteiger partial charge in [0.1, 0.15) is 0 Å². The number of hydrogen-bond donors (Lipinski definition) is 0. The van der Waals surface area contributed by atoms with E-state index in [9.17, 15) is 21.6 Å². The molecule has 0 fully saturated rings. The summed E-state index contributed by atoms with van der Waals surface area (Å²) in [6.07, 6.45) is -3.24. The van der Waals surface area contributed by atoms with Crippen molar-refractivity contribution in [1.82, 2.24) is 0 Å². The van der Waals surface area contributed by atoms with Crippen molar-refractivity contribution in [3.05, 3.63) is 78.4 Å². The molecule has 6 heteroatoms. The molecule has 26 heavy (non-hydrogen) atoms. The molecule has 0 spiro atoms. The molecule has 0 radical (unpaired) electrons. The fourth-order valence-electron chi connectivity index (χ4n) is 2.71. The first-order valence-electron chi connectivity index (χ1n) is 7.73. The quantitative estimate of drug-likeness (QED) is 0.610. The molecule has 0 N–H and O–H groups in total. The standard InChI is InChI=1S/C20H15F3O2S/c1-26(24,25)17-12-8-15(9-13-17)19-5-3-2-4-18(19)14-6-10-16(11-7-14)20(21,22)23/h2-13H,1H3. The molecule has 0 atom stereocenters. The summed E-state index contributed by atoms with van der Waals surface area (Å²) in [5.74, 6) is 0. The SMILES string of the molecule is CS(=O)(=O)c1ccc(-c2ccccc2-c2ccc(C(F)(F)F)cc2)cc1. The van der Waals surface area contributed by atoms with Crippen LogP contribution in [0.15, 0.2) is 77.7 Å². The van der Waals surface area contributed by atoms with Crippen molar-refractivity contribution in [2.45, 2.75) is 11.1 Å². The van der Waals surface area contributed by atoms with Gasteiger partial charge < -0.3 is 0 Å². The monoisotopic (exact) mass is 376 g/mol. The highest BCUT2D eigenvalue weighted by Gasteiger charge is 2.30. The van der Waals surface area contributed by atoms with Gasteiger partial charge in [-0.1, -0.05) is 48.5 Å². The Morgan fingerprint density at radius 2 is 1.12 bits per heavy atom. The maximum Gasteiger partial charge on any atom is 0.416 e. The van der Waals surface area contributed by atoms with Crippen LogP contribution in [0.5, 0.6) is 0 Å². The van der Waals surface area contributed by atoms with Crippen molar-refractivity contribution in [2.75, 3.05) is 6.26 Å². The lowest BCUT2D eigenvalue weighted by Crippen LogP contribution is -2.04. The van der Waals surface area contributed by atoms with Gasteiger partial charge in [-0.25, -0.2) is 8.42 Å². The van der Waals surface area contributed by atoms with Crippen LogP contribution in [-0.4, -0.2) is 14.7 Å². The number of sulfone groups is 1. The van der Waals surface area contributed by atoms with Crippen LogP contribution in [0.1, 0.15) is 5.56 Å². The van der Waals surface area contributed by atoms with E-state index in [4.69, 9.17) is 0 Å². The van der Waals surface area contributed by atoms with E-state index < -0.39 is 21.6 Å². The Labute approximate surface area is 149 Å². The lowest BCUT2D eigenvalue weighted by Gasteiger charge is -2.12. The zero-order valence-corrected chi connectivity index (χ0v) is 14.6. The molecule has 0 unspecified atom stereocenters. The van der Waals surface area contributed by atoms with Gasteiger partial charge in [0.05, 0.1) is 10.5 Å². The van der Waals surface area contributed by atoms with Gasteiger partial charge in [-0.05, 0) is 46.5 Å². The molecule has 0 bridgehead atoms. The molecule has 0 heterocycles. The Hall–Kier alpha value is -2.60. The lowest BCUT2D eigenvalue weighted by atomic mass is 9.94. The van der Waals surface area contributed by atoms with Crippen LogP contribution in [0.4, 0.5) is 13.2 Å². The number of alkyl halides is 3. The number of halogens is 3. The summed E-state index contributed by atoms with van der Waals surface area (Å²) in [5, 5.41) is 0. The van der Waals surface area contributed by atoms with Crippen molar-refractivity contribution in [1.29, 1.82) is 0 Å². The molecular formula is C20H15F3O2S. The van der Waals surface area contributed by atoms with E-state index in [0.29, 0.717) is 5.56 Å². The average Bonchev–Trinajstić information content (AvgIpc) is 2.60. The van der Waals surface area contributed by atoms with Crippen LogP contribution in [-0.2, 0) is 16.0 Å². The summed E-state index contributed by atoms with van der Waals surface area (Å²) >= 11 is 0. The summed E-state index contributed by atoms with van der Waals surface area (Å²) < 4.78 is 61.4. The number of benzene rings is 3. The molecule has 3 aromatic carbocycles. The smallest absolute Gasteiger partial charge is 0.224 e. The first-order chi connectivity index (χ1) is 12.2. The topological polar surface area (TPSA) is 34.1 Å². The second-order valence-electron chi connectivity index (χ2n) is 5.92. The Kier molecular flexibility index (Phi) is 4.63. The van der Waals surface area contributed by atoms with Crippen LogP contribution < -0.4 is 0 Å². The molecule has 3 rings (SSSR count). The molecule has 0 saturated heterocycles. The third-order valence-electron chi connectivity index (χ3n) is 4.04. The van der Waals surface area contributed by atoms with Gasteiger partial charge in [-0.2, -0.15) is 13.2 Å². The van der Waals surface area contributed by atoms with Crippen LogP contribution in [0.2, 0.25) is 0 Å². The normalized spacial score (nSPS) is 12.2. The van der Waals surface area contributed by atoms with Crippen LogP contribution in [0.25, 0.3) is 22.3 Å². The van der Waals surface area contributed by atoms with E-state index in [2.05, 4.69) is 0 Å². The second kappa shape index (κ2) is 6.61. The summed E-state index contributed by atoms with van der Waals surface area (Å²) in [7, 11) is -3.29. The predicted octanol–water partition coefficient (Wildman–Crippen LogP) is 5.44. The minimum atomic E-state index is -4.38. The molecule has 0 saturated carbocycles. The zero-order chi connectivity index (χ0) is 18.9. The van der Waals surface area contributed by atoms with Crippen molar-refractivity contribution < 1.29 is 21.6 Å². The summed E-state index contributed by atoms with van der Waals surface area (Å²) in [6, 6.07) is 18.7. The average molecular weight is 376 g/mol. The van der Waals surface area contributed by atoms with Gasteiger partial charge in [-0.15, -0.1) is 0 Å². The van der Waals surface area contributed by atoms with E-state index in [-0.39, 0.29) is 4.90 Å². The molecule has 0 aliphatic rings. The summed E-state index contributed by atoms with van der Waals surface area (Å²) in [5.41, 5.74) is 2.32. The van der Waals surface area contributed by atoms with Crippen molar-refractivity contribution in [2.24, 2.45) is 0 Å². The van der Waals surface area contributed by atoms with Gasteiger partial charge in [-0.3, -0.25) is 0 Å². The third-order valence-corrected chi connectivity index (χ3v) is 5.17. The Morgan fingerprint density at radius 1 is 0.692 bits per heavy atom. The highest BCUT2D eigenvalue weighted by Crippen LogP contribution is 2.35. The maximum absolute atomic E-state index is 12.8. The van der Waals surface area contributed by atoms with Crippen LogP contribution in [0.3, 0.4) is 0 Å². The van der Waals surface area contributed by atoms with Crippen molar-refractivity contribution >= 4 is 9.84 Å². The predicted molar refractivity (Wildman–Crippen MR) is 95.4 cm³/mol. The number of rotatable bonds is 3. The summed E-state index contributed by atoms with van der Waals surface area (Å²) in [6.45, 7) is 0. The van der Waals surface area contributed by atoms with E-state index >= 15 is 0 Å². The van der Waals surface area contributed by atoms with E-state index in [0.717, 1.165) is 35.1 Å². The van der Waals surface area contributed by atoms with Gasteiger partial charge in [0.15, 0.2) is 9.84 Å². The molecule has 134 valence electrons. The fraction of sp³-hybridized carbons (Fsp3) is 0.100. The van der Waals surface area contributed by atoms with Gasteiger partial charge in [0.2, 0.25) is 0 Å². The van der Waals surface area contributed by atoms with E-state index in [1.54, 1.807) is 18.2 Å². The maximum atomic E-state index is 12.8. The molecule has 2 nitrogen and oxygen atoms in total. The van der Waals surface area contributed by atoms with Gasteiger partial charge in [0.25, 0.3) is 0 Å². The zero-order valence-electron chi connectivity index (χ0n) is 13.8. The van der Waals surface area contributed by atoms with Gasteiger partial charge >= 0.3 is 6.18 Å².